The quantitative estimate of drug-likeness (QED) is 0.810. The Hall–Kier alpha value is -1.10. The molecule has 144 valence electrons. The molecule has 3 nitrogen and oxygen atoms in total. The van der Waals surface area contributed by atoms with E-state index in [9.17, 15) is 14.7 Å². The van der Waals surface area contributed by atoms with Gasteiger partial charge in [0.25, 0.3) is 0 Å². The highest BCUT2D eigenvalue weighted by atomic mass is 19.1. The van der Waals surface area contributed by atoms with Gasteiger partial charge in [-0.2, -0.15) is 0 Å². The van der Waals surface area contributed by atoms with Crippen LogP contribution in [0, 0.1) is 28.6 Å². The molecule has 4 rings (SSSR count). The van der Waals surface area contributed by atoms with Crippen LogP contribution < -0.4 is 0 Å². The van der Waals surface area contributed by atoms with Gasteiger partial charge in [-0.05, 0) is 61.5 Å². The predicted molar refractivity (Wildman–Crippen MR) is 92.9 cm³/mol. The van der Waals surface area contributed by atoms with E-state index in [2.05, 4.69) is 0 Å². The lowest BCUT2D eigenvalue weighted by Crippen LogP contribution is -2.63. The van der Waals surface area contributed by atoms with Crippen molar-refractivity contribution >= 4 is 11.6 Å². The van der Waals surface area contributed by atoms with E-state index >= 15 is 8.78 Å². The first-order chi connectivity index (χ1) is 12.2. The summed E-state index contributed by atoms with van der Waals surface area (Å²) in [5.41, 5.74) is -2.45. The Kier molecular flexibility index (Phi) is 4.00. The number of hydrogen-bond acceptors (Lipinski definition) is 3. The van der Waals surface area contributed by atoms with Gasteiger partial charge in [0.1, 0.15) is 18.4 Å². The van der Waals surface area contributed by atoms with Crippen molar-refractivity contribution in [1.29, 1.82) is 0 Å². The minimum Gasteiger partial charge on any atom is -0.389 e. The third-order valence-corrected chi connectivity index (χ3v) is 8.60. The molecule has 0 amide bonds. The number of rotatable bonds is 2. The number of ketones is 2. The van der Waals surface area contributed by atoms with Crippen LogP contribution in [0.3, 0.4) is 0 Å². The summed E-state index contributed by atoms with van der Waals surface area (Å²) in [7, 11) is 0. The molecular formula is C21H28F2O3. The fourth-order valence-electron chi connectivity index (χ4n) is 7.07. The Bertz CT molecular complexity index is 689. The molecule has 7 atom stereocenters. The average molecular weight is 366 g/mol. The van der Waals surface area contributed by atoms with Gasteiger partial charge in [-0.25, -0.2) is 8.78 Å². The summed E-state index contributed by atoms with van der Waals surface area (Å²) in [6, 6.07) is 0. The maximum absolute atomic E-state index is 16.6. The van der Waals surface area contributed by atoms with Gasteiger partial charge in [-0.15, -0.1) is 0 Å². The molecule has 0 aromatic heterocycles. The van der Waals surface area contributed by atoms with Crippen molar-refractivity contribution in [2.24, 2.45) is 28.6 Å². The highest BCUT2D eigenvalue weighted by Crippen LogP contribution is 2.69. The van der Waals surface area contributed by atoms with Crippen molar-refractivity contribution in [1.82, 2.24) is 0 Å². The topological polar surface area (TPSA) is 54.4 Å². The SMILES string of the molecule is C[C@]12CC[C@@]3(F)[C@@H](C[C@H](F)C4=CC(=O)CC[C@@]43C)[C@@H]1CC[C@@H]2C(=O)CO. The molecule has 4 aliphatic rings. The smallest absolute Gasteiger partial charge is 0.161 e. The predicted octanol–water partition coefficient (Wildman–Crippen LogP) is 3.74. The summed E-state index contributed by atoms with van der Waals surface area (Å²) in [6.07, 6.45) is 3.08. The van der Waals surface area contributed by atoms with Crippen molar-refractivity contribution < 1.29 is 23.5 Å². The van der Waals surface area contributed by atoms with E-state index in [1.807, 2.05) is 6.92 Å². The molecule has 0 aromatic carbocycles. The Balaban J connectivity index is 1.75. The van der Waals surface area contributed by atoms with Crippen LogP contribution in [-0.4, -0.2) is 35.1 Å². The van der Waals surface area contributed by atoms with Crippen molar-refractivity contribution in [2.45, 2.75) is 70.6 Å². The molecule has 3 fully saturated rings. The Morgan fingerprint density at radius 2 is 1.96 bits per heavy atom. The van der Waals surface area contributed by atoms with Gasteiger partial charge in [-0.1, -0.05) is 13.8 Å². The van der Waals surface area contributed by atoms with E-state index in [1.165, 1.54) is 6.08 Å². The van der Waals surface area contributed by atoms with Crippen LogP contribution in [0.2, 0.25) is 0 Å². The molecular weight excluding hydrogens is 338 g/mol. The van der Waals surface area contributed by atoms with Crippen LogP contribution in [0.4, 0.5) is 8.78 Å². The molecule has 4 aliphatic carbocycles. The first-order valence-corrected chi connectivity index (χ1v) is 9.89. The largest absolute Gasteiger partial charge is 0.389 e. The minimum absolute atomic E-state index is 0.0454. The zero-order valence-corrected chi connectivity index (χ0v) is 15.6. The Morgan fingerprint density at radius 1 is 1.23 bits per heavy atom. The normalized spacial score (nSPS) is 50.5. The van der Waals surface area contributed by atoms with Crippen LogP contribution in [0.1, 0.15) is 58.8 Å². The highest BCUT2D eigenvalue weighted by Gasteiger charge is 2.69. The molecule has 26 heavy (non-hydrogen) atoms. The Morgan fingerprint density at radius 3 is 2.65 bits per heavy atom. The first kappa shape index (κ1) is 18.3. The third-order valence-electron chi connectivity index (χ3n) is 8.60. The van der Waals surface area contributed by atoms with Crippen LogP contribution in [0.5, 0.6) is 0 Å². The lowest BCUT2D eigenvalue weighted by molar-refractivity contribution is -0.161. The maximum Gasteiger partial charge on any atom is 0.161 e. The molecule has 0 aliphatic heterocycles. The van der Waals surface area contributed by atoms with Gasteiger partial charge >= 0.3 is 0 Å². The average Bonchev–Trinajstić information content (AvgIpc) is 2.95. The summed E-state index contributed by atoms with van der Waals surface area (Å²) in [5.74, 6) is -0.988. The second-order valence-corrected chi connectivity index (χ2v) is 9.44. The number of hydrogen-bond donors (Lipinski definition) is 1. The fraction of sp³-hybridized carbons (Fsp3) is 0.810. The van der Waals surface area contributed by atoms with Crippen molar-refractivity contribution in [3.63, 3.8) is 0 Å². The van der Waals surface area contributed by atoms with Crippen molar-refractivity contribution in [3.8, 4) is 0 Å². The Labute approximate surface area is 153 Å². The van der Waals surface area contributed by atoms with E-state index in [0.717, 1.165) is 0 Å². The molecule has 1 N–H and O–H groups in total. The fourth-order valence-corrected chi connectivity index (χ4v) is 7.07. The number of fused-ring (bicyclic) bond motifs is 5. The van der Waals surface area contributed by atoms with E-state index < -0.39 is 29.8 Å². The summed E-state index contributed by atoms with van der Waals surface area (Å²) in [6.45, 7) is 3.36. The third kappa shape index (κ3) is 2.12. The number of allylic oxidation sites excluding steroid dienone is 1. The summed E-state index contributed by atoms with van der Waals surface area (Å²) < 4.78 is 31.7. The minimum atomic E-state index is -1.52. The van der Waals surface area contributed by atoms with Gasteiger partial charge in [0.2, 0.25) is 0 Å². The number of carbonyl (C=O) groups is 2. The van der Waals surface area contributed by atoms with Crippen molar-refractivity contribution in [2.75, 3.05) is 6.61 Å². The lowest BCUT2D eigenvalue weighted by Gasteiger charge is -2.61. The lowest BCUT2D eigenvalue weighted by atomic mass is 9.45. The van der Waals surface area contributed by atoms with Crippen LogP contribution in [-0.2, 0) is 9.59 Å². The van der Waals surface area contributed by atoms with Crippen LogP contribution in [0.15, 0.2) is 11.6 Å². The molecule has 0 spiro atoms. The van der Waals surface area contributed by atoms with Gasteiger partial charge in [0.05, 0.1) is 0 Å². The maximum atomic E-state index is 16.6. The van der Waals surface area contributed by atoms with E-state index in [1.54, 1.807) is 6.92 Å². The van der Waals surface area contributed by atoms with Crippen molar-refractivity contribution in [3.05, 3.63) is 11.6 Å². The number of alkyl halides is 2. The molecule has 0 radical (unpaired) electrons. The molecule has 0 aromatic rings. The van der Waals surface area contributed by atoms with Gasteiger partial charge < -0.3 is 5.11 Å². The molecule has 0 unspecified atom stereocenters. The van der Waals surface area contributed by atoms with E-state index in [-0.39, 0.29) is 41.7 Å². The standard InChI is InChI=1S/C21H28F2O3/c1-19-7-8-21(23)15(13(19)3-4-14(19)18(26)11-24)10-17(22)16-9-12(25)5-6-20(16,21)2/h9,13-15,17,24H,3-8,10-11H2,1-2H3/t13-,14+,15-,17-,19-,20-,21+/m0/s1. The van der Waals surface area contributed by atoms with E-state index in [0.29, 0.717) is 37.7 Å². The van der Waals surface area contributed by atoms with Crippen LogP contribution in [0.25, 0.3) is 0 Å². The zero-order valence-electron chi connectivity index (χ0n) is 15.6. The molecule has 0 saturated heterocycles. The number of halogens is 2. The highest BCUT2D eigenvalue weighted by molar-refractivity contribution is 5.92. The van der Waals surface area contributed by atoms with Gasteiger partial charge in [-0.3, -0.25) is 9.59 Å². The molecule has 0 heterocycles. The summed E-state index contributed by atoms with van der Waals surface area (Å²) >= 11 is 0. The first-order valence-electron chi connectivity index (χ1n) is 9.89. The number of aliphatic hydroxyl groups excluding tert-OH is 1. The summed E-state index contributed by atoms with van der Waals surface area (Å²) in [4.78, 5) is 24.1. The monoisotopic (exact) mass is 366 g/mol. The second-order valence-electron chi connectivity index (χ2n) is 9.44. The van der Waals surface area contributed by atoms with Gasteiger partial charge in [0.15, 0.2) is 11.6 Å². The molecule has 3 saturated carbocycles. The van der Waals surface area contributed by atoms with Gasteiger partial charge in [0, 0.05) is 23.7 Å². The molecule has 0 bridgehead atoms. The number of Topliss-reactive ketones (excluding diaryl/α,β-unsaturated/α-hetero) is 1. The number of aliphatic hydroxyl groups is 1. The number of carbonyl (C=O) groups excluding carboxylic acids is 2. The van der Waals surface area contributed by atoms with Crippen LogP contribution >= 0.6 is 0 Å². The zero-order chi connectivity index (χ0) is 18.9. The van der Waals surface area contributed by atoms with E-state index in [4.69, 9.17) is 0 Å². The summed E-state index contributed by atoms with van der Waals surface area (Å²) in [5, 5.41) is 9.32. The second kappa shape index (κ2) is 5.70. The molecule has 5 heteroatoms.